The highest BCUT2D eigenvalue weighted by Gasteiger charge is 2.24. The van der Waals surface area contributed by atoms with Crippen LogP contribution in [0.4, 0.5) is 0 Å². The topological polar surface area (TPSA) is 69.8 Å². The fraction of sp³-hybridized carbons (Fsp3) is 0.364. The maximum atomic E-state index is 6.24. The van der Waals surface area contributed by atoms with Crippen molar-refractivity contribution in [3.63, 3.8) is 0 Å². The van der Waals surface area contributed by atoms with Crippen LogP contribution >= 0.6 is 15.9 Å². The number of likely N-dealkylation sites (tertiary alicyclic amines) is 1. The lowest BCUT2D eigenvalue weighted by Crippen LogP contribution is -2.38. The molecule has 1 fully saturated rings. The molecule has 1 aromatic heterocycles. The van der Waals surface area contributed by atoms with Crippen LogP contribution in [-0.2, 0) is 6.54 Å². The second kappa shape index (κ2) is 9.49. The van der Waals surface area contributed by atoms with Gasteiger partial charge in [-0.25, -0.2) is 0 Å². The van der Waals surface area contributed by atoms with Gasteiger partial charge in [0, 0.05) is 23.1 Å². The molecule has 8 heteroatoms. The van der Waals surface area contributed by atoms with Crippen LogP contribution in [0, 0.1) is 0 Å². The molecule has 0 atom stereocenters. The zero-order chi connectivity index (χ0) is 20.9. The third-order valence-corrected chi connectivity index (χ3v) is 5.59. The normalized spacial score (nSPS) is 15.2. The van der Waals surface area contributed by atoms with Crippen LogP contribution in [0.15, 0.2) is 51.4 Å². The van der Waals surface area contributed by atoms with Crippen LogP contribution in [-0.4, -0.2) is 48.5 Å². The van der Waals surface area contributed by atoms with E-state index in [2.05, 4.69) is 31.0 Å². The van der Waals surface area contributed by atoms with Crippen LogP contribution in [0.5, 0.6) is 17.2 Å². The van der Waals surface area contributed by atoms with E-state index in [0.717, 1.165) is 36.0 Å². The molecule has 0 saturated carbocycles. The number of para-hydroxylation sites is 1. The summed E-state index contributed by atoms with van der Waals surface area (Å²) in [6.45, 7) is 2.40. The minimum absolute atomic E-state index is 0.103. The first-order chi connectivity index (χ1) is 14.7. The van der Waals surface area contributed by atoms with E-state index in [-0.39, 0.29) is 6.10 Å². The fourth-order valence-corrected chi connectivity index (χ4v) is 3.93. The summed E-state index contributed by atoms with van der Waals surface area (Å²) in [6, 6.07) is 13.5. The van der Waals surface area contributed by atoms with Gasteiger partial charge in [-0.2, -0.15) is 0 Å². The van der Waals surface area contributed by atoms with Gasteiger partial charge in [-0.3, -0.25) is 4.90 Å². The standard InChI is InChI=1S/C22H24BrN3O4/c1-27-18-7-4-8-19(28-2)21(18)29-17-9-11-26(12-10-17)14-20-24-25-22(30-20)15-5-3-6-16(23)13-15/h3-8,13,17H,9-12,14H2,1-2H3. The summed E-state index contributed by atoms with van der Waals surface area (Å²) in [6.07, 6.45) is 1.90. The number of ether oxygens (including phenoxy) is 3. The van der Waals surface area contributed by atoms with Gasteiger partial charge in [-0.05, 0) is 43.2 Å². The Hall–Kier alpha value is -2.58. The Bertz CT molecular complexity index is 964. The summed E-state index contributed by atoms with van der Waals surface area (Å²) < 4.78 is 23.9. The fourth-order valence-electron chi connectivity index (χ4n) is 3.53. The summed E-state index contributed by atoms with van der Waals surface area (Å²) in [5.41, 5.74) is 0.904. The minimum atomic E-state index is 0.103. The van der Waals surface area contributed by atoms with Crippen LogP contribution in [0.2, 0.25) is 0 Å². The van der Waals surface area contributed by atoms with E-state index in [1.807, 2.05) is 42.5 Å². The lowest BCUT2D eigenvalue weighted by Gasteiger charge is -2.31. The van der Waals surface area contributed by atoms with Crippen LogP contribution in [0.3, 0.4) is 0 Å². The Morgan fingerprint density at radius 1 is 1.03 bits per heavy atom. The maximum absolute atomic E-state index is 6.24. The number of methoxy groups -OCH3 is 2. The van der Waals surface area contributed by atoms with Gasteiger partial charge in [-0.1, -0.05) is 28.1 Å². The molecule has 158 valence electrons. The third-order valence-electron chi connectivity index (χ3n) is 5.10. The van der Waals surface area contributed by atoms with E-state index in [1.165, 1.54) is 0 Å². The number of aromatic nitrogens is 2. The minimum Gasteiger partial charge on any atom is -0.493 e. The van der Waals surface area contributed by atoms with Crippen molar-refractivity contribution in [2.75, 3.05) is 27.3 Å². The Labute approximate surface area is 184 Å². The monoisotopic (exact) mass is 473 g/mol. The highest BCUT2D eigenvalue weighted by molar-refractivity contribution is 9.10. The first kappa shape index (κ1) is 20.7. The maximum Gasteiger partial charge on any atom is 0.247 e. The van der Waals surface area contributed by atoms with Gasteiger partial charge in [0.2, 0.25) is 17.5 Å². The predicted molar refractivity (Wildman–Crippen MR) is 116 cm³/mol. The summed E-state index contributed by atoms with van der Waals surface area (Å²) >= 11 is 3.47. The van der Waals surface area contributed by atoms with Crippen molar-refractivity contribution in [2.24, 2.45) is 0 Å². The Morgan fingerprint density at radius 3 is 2.40 bits per heavy atom. The summed E-state index contributed by atoms with van der Waals surface area (Å²) in [7, 11) is 3.27. The molecule has 0 radical (unpaired) electrons. The number of nitrogens with zero attached hydrogens (tertiary/aromatic N) is 3. The van der Waals surface area contributed by atoms with Crippen molar-refractivity contribution in [2.45, 2.75) is 25.5 Å². The Kier molecular flexibility index (Phi) is 6.54. The molecule has 2 heterocycles. The lowest BCUT2D eigenvalue weighted by atomic mass is 10.1. The number of piperidine rings is 1. The molecule has 0 N–H and O–H groups in total. The molecule has 2 aromatic carbocycles. The molecular weight excluding hydrogens is 450 g/mol. The van der Waals surface area contributed by atoms with Crippen LogP contribution in [0.1, 0.15) is 18.7 Å². The van der Waals surface area contributed by atoms with Gasteiger partial charge in [0.1, 0.15) is 6.10 Å². The average molecular weight is 474 g/mol. The van der Waals surface area contributed by atoms with Gasteiger partial charge < -0.3 is 18.6 Å². The molecule has 0 bridgehead atoms. The number of benzene rings is 2. The largest absolute Gasteiger partial charge is 0.493 e. The summed E-state index contributed by atoms with van der Waals surface area (Å²) in [5.74, 6) is 3.19. The Balaban J connectivity index is 1.34. The van der Waals surface area contributed by atoms with Crippen LogP contribution in [0.25, 0.3) is 11.5 Å². The quantitative estimate of drug-likeness (QED) is 0.497. The zero-order valence-electron chi connectivity index (χ0n) is 17.0. The van der Waals surface area contributed by atoms with Gasteiger partial charge in [0.15, 0.2) is 11.5 Å². The van der Waals surface area contributed by atoms with Gasteiger partial charge in [0.25, 0.3) is 0 Å². The molecule has 1 aliphatic heterocycles. The molecular formula is C22H24BrN3O4. The second-order valence-electron chi connectivity index (χ2n) is 7.10. The SMILES string of the molecule is COc1cccc(OC)c1OC1CCN(Cc2nnc(-c3cccc(Br)c3)o2)CC1. The Morgan fingerprint density at radius 2 is 1.73 bits per heavy atom. The van der Waals surface area contributed by atoms with Gasteiger partial charge in [-0.15, -0.1) is 10.2 Å². The van der Waals surface area contributed by atoms with E-state index in [1.54, 1.807) is 14.2 Å². The highest BCUT2D eigenvalue weighted by atomic mass is 79.9. The second-order valence-corrected chi connectivity index (χ2v) is 8.01. The van der Waals surface area contributed by atoms with E-state index in [9.17, 15) is 0 Å². The van der Waals surface area contributed by atoms with E-state index in [0.29, 0.717) is 35.6 Å². The summed E-state index contributed by atoms with van der Waals surface area (Å²) in [4.78, 5) is 2.30. The molecule has 0 unspecified atom stereocenters. The van der Waals surface area contributed by atoms with Crippen molar-refractivity contribution in [1.29, 1.82) is 0 Å². The van der Waals surface area contributed by atoms with Crippen molar-refractivity contribution >= 4 is 15.9 Å². The average Bonchev–Trinajstić information content (AvgIpc) is 3.24. The number of rotatable bonds is 7. The van der Waals surface area contributed by atoms with E-state index >= 15 is 0 Å². The molecule has 0 spiro atoms. The molecule has 3 aromatic rings. The van der Waals surface area contributed by atoms with Crippen molar-refractivity contribution in [1.82, 2.24) is 15.1 Å². The number of halogens is 1. The van der Waals surface area contributed by atoms with Crippen molar-refractivity contribution in [3.05, 3.63) is 52.8 Å². The molecule has 1 aliphatic rings. The van der Waals surface area contributed by atoms with E-state index < -0.39 is 0 Å². The number of hydrogen-bond acceptors (Lipinski definition) is 7. The first-order valence-electron chi connectivity index (χ1n) is 9.84. The molecule has 0 amide bonds. The molecule has 4 rings (SSSR count). The zero-order valence-corrected chi connectivity index (χ0v) is 18.6. The van der Waals surface area contributed by atoms with Gasteiger partial charge in [0.05, 0.1) is 20.8 Å². The van der Waals surface area contributed by atoms with Crippen molar-refractivity contribution < 1.29 is 18.6 Å². The first-order valence-corrected chi connectivity index (χ1v) is 10.6. The third kappa shape index (κ3) is 4.76. The predicted octanol–water partition coefficient (Wildman–Crippen LogP) is 4.56. The van der Waals surface area contributed by atoms with Crippen molar-refractivity contribution in [3.8, 4) is 28.7 Å². The smallest absolute Gasteiger partial charge is 0.247 e. The summed E-state index contributed by atoms with van der Waals surface area (Å²) in [5, 5.41) is 8.40. The van der Waals surface area contributed by atoms with Crippen LogP contribution < -0.4 is 14.2 Å². The van der Waals surface area contributed by atoms with Gasteiger partial charge >= 0.3 is 0 Å². The van der Waals surface area contributed by atoms with E-state index in [4.69, 9.17) is 18.6 Å². The lowest BCUT2D eigenvalue weighted by molar-refractivity contribution is 0.0873. The molecule has 1 saturated heterocycles. The number of hydrogen-bond donors (Lipinski definition) is 0. The molecule has 0 aliphatic carbocycles. The highest BCUT2D eigenvalue weighted by Crippen LogP contribution is 2.38. The molecule has 30 heavy (non-hydrogen) atoms. The molecule has 7 nitrogen and oxygen atoms in total.